The van der Waals surface area contributed by atoms with E-state index < -0.39 is 0 Å². The number of hydrogen-bond donors (Lipinski definition) is 6. The molecule has 0 spiro atoms. The molecule has 6 N–H and O–H groups in total. The molecule has 2 atom stereocenters. The number of anilines is 2. The Kier molecular flexibility index (Phi) is 23.1. The average molecular weight is 1300 g/mol. The normalized spacial score (nSPS) is 23.6. The van der Waals surface area contributed by atoms with Gasteiger partial charge in [0.15, 0.2) is 11.6 Å². The Morgan fingerprint density at radius 1 is 0.404 bits per heavy atom. The second kappa shape index (κ2) is 32.3. The lowest BCUT2D eigenvalue weighted by molar-refractivity contribution is 0.0647. The summed E-state index contributed by atoms with van der Waals surface area (Å²) in [4.78, 5) is 23.3. The van der Waals surface area contributed by atoms with Crippen molar-refractivity contribution in [2.75, 3.05) is 115 Å². The van der Waals surface area contributed by atoms with Crippen molar-refractivity contribution in [2.24, 2.45) is 0 Å². The van der Waals surface area contributed by atoms with Crippen molar-refractivity contribution in [2.45, 2.75) is 216 Å². The third kappa shape index (κ3) is 17.5. The Hall–Kier alpha value is -5.40. The average Bonchev–Trinajstić information content (AvgIpc) is 1.55. The Balaban J connectivity index is 0.000000125. The van der Waals surface area contributed by atoms with Crippen LogP contribution in [0.5, 0.6) is 0 Å². The van der Waals surface area contributed by atoms with E-state index in [1.807, 2.05) is 27.7 Å². The molecule has 2 aliphatic carbocycles. The van der Waals surface area contributed by atoms with Gasteiger partial charge in [0.25, 0.3) is 11.8 Å². The number of nitrogens with one attached hydrogen (secondary N) is 6. The SMILES string of the molecule is C1CC(NC2CCOCC2)CCN1.C1COC[C@H](NC2CCNCC2)C1.Cc1noc(-c2c(N3CCC(NC4CCOCC4)CC3)nc3c(F)cc(C4CC4)cc3c2C)n1.Cc1noc(-c2c(N3CCC(N[C@@H]4CCCOC4)CC3)nc3c(F)cc(C4CC4)cc3c2C)n1. The van der Waals surface area contributed by atoms with Crippen molar-refractivity contribution in [1.82, 2.24) is 62.1 Å². The maximum Gasteiger partial charge on any atom is 0.261 e. The summed E-state index contributed by atoms with van der Waals surface area (Å²) >= 11 is 0. The van der Waals surface area contributed by atoms with Gasteiger partial charge in [-0.05, 0) is 241 Å². The molecule has 0 radical (unpaired) electrons. The summed E-state index contributed by atoms with van der Waals surface area (Å²) in [6, 6.07) is 12.3. The number of aryl methyl sites for hydroxylation is 4. The molecule has 512 valence electrons. The molecule has 12 heterocycles. The van der Waals surface area contributed by atoms with Gasteiger partial charge in [-0.2, -0.15) is 9.97 Å². The molecule has 2 saturated carbocycles. The number of aromatic nitrogens is 6. The Labute approximate surface area is 554 Å². The summed E-state index contributed by atoms with van der Waals surface area (Å²) in [7, 11) is 0. The third-order valence-electron chi connectivity index (χ3n) is 21.1. The van der Waals surface area contributed by atoms with Crippen LogP contribution in [0.4, 0.5) is 20.4 Å². The van der Waals surface area contributed by atoms with Crippen molar-refractivity contribution >= 4 is 33.4 Å². The molecule has 16 rings (SSSR count). The van der Waals surface area contributed by atoms with Crippen LogP contribution < -0.4 is 41.7 Å². The second-order valence-electron chi connectivity index (χ2n) is 28.3. The van der Waals surface area contributed by atoms with Crippen LogP contribution in [0.25, 0.3) is 44.7 Å². The van der Waals surface area contributed by atoms with E-state index in [0.29, 0.717) is 76.5 Å². The van der Waals surface area contributed by atoms with Crippen molar-refractivity contribution in [3.63, 3.8) is 0 Å². The fourth-order valence-electron chi connectivity index (χ4n) is 15.3. The highest BCUT2D eigenvalue weighted by Gasteiger charge is 2.34. The first kappa shape index (κ1) is 67.2. The molecule has 94 heavy (non-hydrogen) atoms. The highest BCUT2D eigenvalue weighted by molar-refractivity contribution is 5.94. The number of pyridine rings is 2. The molecule has 0 unspecified atom stereocenters. The molecule has 10 fully saturated rings. The molecule has 8 aliphatic heterocycles. The van der Waals surface area contributed by atoms with Crippen LogP contribution in [-0.4, -0.2) is 184 Å². The fraction of sp³-hybridized carbons (Fsp3) is 0.694. The fourth-order valence-corrected chi connectivity index (χ4v) is 15.3. The maximum absolute atomic E-state index is 15.3. The lowest BCUT2D eigenvalue weighted by atomic mass is 9.97. The van der Waals surface area contributed by atoms with Crippen LogP contribution in [0.3, 0.4) is 0 Å². The molecular weight excluding hydrogens is 1190 g/mol. The van der Waals surface area contributed by atoms with Gasteiger partial charge in [-0.1, -0.05) is 10.3 Å². The van der Waals surface area contributed by atoms with Crippen LogP contribution in [-0.2, 0) is 18.9 Å². The van der Waals surface area contributed by atoms with Gasteiger partial charge in [-0.3, -0.25) is 0 Å². The number of nitrogens with zero attached hydrogens (tertiary/aromatic N) is 8. The third-order valence-corrected chi connectivity index (χ3v) is 21.1. The standard InChI is InChI=1S/2C26H32FN5O2.2C10H20N2O/c1-15-21-13-18(17-3-4-17)14-22(27)24(21)30-25(23(15)26-28-16(2)31-34-26)32-9-5-19(6-10-32)29-20-7-11-33-12-8-20;1-15-21-12-18(17-5-6-17)13-22(27)24(21)30-25(23(15)26-28-16(2)31-34-26)32-9-7-19(8-10-32)29-20-4-3-11-33-14-20;1-5-11-6-2-9(1)12-10-3-7-13-8-4-10;1-2-10(8-13-7-1)12-9-3-5-11-6-4-9/h13-14,17,19-20,29H,3-12H2,1-2H3;12-13,17,19-20,29H,3-11,14H2,1-2H3;2*9-12H,1-8H2/t;20-;;10-/m.1.1/s1. The van der Waals surface area contributed by atoms with Crippen molar-refractivity contribution < 1.29 is 36.8 Å². The molecule has 22 heteroatoms. The zero-order valence-corrected chi connectivity index (χ0v) is 56.3. The number of rotatable bonds is 14. The Morgan fingerprint density at radius 3 is 1.11 bits per heavy atom. The van der Waals surface area contributed by atoms with E-state index in [1.165, 1.54) is 84.0 Å². The number of ether oxygens (including phenoxy) is 4. The van der Waals surface area contributed by atoms with E-state index in [0.717, 1.165) is 224 Å². The summed E-state index contributed by atoms with van der Waals surface area (Å²) < 4.78 is 63.7. The van der Waals surface area contributed by atoms with Gasteiger partial charge >= 0.3 is 0 Å². The molecule has 4 aromatic heterocycles. The van der Waals surface area contributed by atoms with Crippen molar-refractivity contribution in [3.05, 3.63) is 69.8 Å². The van der Waals surface area contributed by atoms with Gasteiger partial charge in [0.05, 0.1) is 24.3 Å². The summed E-state index contributed by atoms with van der Waals surface area (Å²) in [6.07, 6.45) is 23.0. The molecule has 8 saturated heterocycles. The zero-order chi connectivity index (χ0) is 64.3. The van der Waals surface area contributed by atoms with Crippen molar-refractivity contribution in [3.8, 4) is 22.9 Å². The van der Waals surface area contributed by atoms with E-state index >= 15 is 8.78 Å². The summed E-state index contributed by atoms with van der Waals surface area (Å²) in [5.74, 6) is 4.01. The predicted octanol–water partition coefficient (Wildman–Crippen LogP) is 10.3. The largest absolute Gasteiger partial charge is 0.381 e. The minimum atomic E-state index is -0.245. The summed E-state index contributed by atoms with van der Waals surface area (Å²) in [5.41, 5.74) is 6.54. The van der Waals surface area contributed by atoms with Crippen LogP contribution in [0.2, 0.25) is 0 Å². The number of benzene rings is 2. The zero-order valence-electron chi connectivity index (χ0n) is 56.3. The number of fused-ring (bicyclic) bond motifs is 2. The van der Waals surface area contributed by atoms with Crippen LogP contribution >= 0.6 is 0 Å². The molecule has 10 aliphatic rings. The van der Waals surface area contributed by atoms with Gasteiger partial charge in [-0.25, -0.2) is 18.7 Å². The molecule has 0 bridgehead atoms. The highest BCUT2D eigenvalue weighted by Crippen LogP contribution is 2.46. The molecule has 2 aromatic carbocycles. The predicted molar refractivity (Wildman–Crippen MR) is 363 cm³/mol. The molecule has 0 amide bonds. The van der Waals surface area contributed by atoms with Crippen LogP contribution in [0, 0.1) is 39.3 Å². The van der Waals surface area contributed by atoms with E-state index in [1.54, 1.807) is 12.1 Å². The first-order chi connectivity index (χ1) is 46.0. The Morgan fingerprint density at radius 2 is 0.766 bits per heavy atom. The minimum Gasteiger partial charge on any atom is -0.381 e. The van der Waals surface area contributed by atoms with E-state index in [2.05, 4.69) is 74.1 Å². The van der Waals surface area contributed by atoms with E-state index in [9.17, 15) is 0 Å². The smallest absolute Gasteiger partial charge is 0.261 e. The molecule has 20 nitrogen and oxygen atoms in total. The monoisotopic (exact) mass is 1300 g/mol. The quantitative estimate of drug-likeness (QED) is 0.0597. The van der Waals surface area contributed by atoms with Crippen LogP contribution in [0.15, 0.2) is 33.3 Å². The van der Waals surface area contributed by atoms with Crippen LogP contribution in [0.1, 0.15) is 174 Å². The van der Waals surface area contributed by atoms with E-state index in [-0.39, 0.29) is 11.6 Å². The Bertz CT molecular complexity index is 3130. The van der Waals surface area contributed by atoms with E-state index in [4.69, 9.17) is 38.0 Å². The van der Waals surface area contributed by atoms with Gasteiger partial charge in [0.1, 0.15) is 34.3 Å². The maximum atomic E-state index is 15.3. The minimum absolute atomic E-state index is 0.243. The molecular formula is C72H104F2N14O6. The number of piperidine rings is 4. The van der Waals surface area contributed by atoms with Gasteiger partial charge < -0.3 is 69.7 Å². The summed E-state index contributed by atoms with van der Waals surface area (Å²) in [6.45, 7) is 22.9. The number of hydrogen-bond acceptors (Lipinski definition) is 20. The lowest BCUT2D eigenvalue weighted by Crippen LogP contribution is -2.48. The molecule has 6 aromatic rings. The first-order valence-corrected chi connectivity index (χ1v) is 36.2. The summed E-state index contributed by atoms with van der Waals surface area (Å²) in [5, 5.41) is 31.5. The second-order valence-corrected chi connectivity index (χ2v) is 28.3. The lowest BCUT2D eigenvalue weighted by Gasteiger charge is -2.37. The van der Waals surface area contributed by atoms with Gasteiger partial charge in [0, 0.05) is 125 Å². The van der Waals surface area contributed by atoms with Crippen molar-refractivity contribution in [1.29, 1.82) is 0 Å². The van der Waals surface area contributed by atoms with Gasteiger partial charge in [0.2, 0.25) is 0 Å². The topological polar surface area (TPSA) is 219 Å². The highest BCUT2D eigenvalue weighted by atomic mass is 19.1. The number of halogens is 2. The first-order valence-electron chi connectivity index (χ1n) is 36.2. The van der Waals surface area contributed by atoms with Gasteiger partial charge in [-0.15, -0.1) is 0 Å².